The Kier molecular flexibility index (Phi) is 6.82. The summed E-state index contributed by atoms with van der Waals surface area (Å²) in [4.78, 5) is 2.35. The zero-order valence-corrected chi connectivity index (χ0v) is 21.6. The summed E-state index contributed by atoms with van der Waals surface area (Å²) in [5.41, 5.74) is 5.92. The molecule has 3 nitrogen and oxygen atoms in total. The minimum absolute atomic E-state index is 0.198. The van der Waals surface area contributed by atoms with Gasteiger partial charge in [0.25, 0.3) is 0 Å². The van der Waals surface area contributed by atoms with Crippen molar-refractivity contribution in [2.45, 2.75) is 57.2 Å². The molecular weight excluding hydrogens is 452 g/mol. The van der Waals surface area contributed by atoms with Crippen LogP contribution in [0.15, 0.2) is 97.1 Å². The molecule has 4 aromatic rings. The van der Waals surface area contributed by atoms with Crippen LogP contribution in [0.5, 0.6) is 0 Å². The van der Waals surface area contributed by atoms with Crippen LogP contribution in [0.25, 0.3) is 16.8 Å². The summed E-state index contributed by atoms with van der Waals surface area (Å²) in [6.07, 6.45) is 10.0. The Morgan fingerprint density at radius 3 is 2.32 bits per heavy atom. The second kappa shape index (κ2) is 10.5. The van der Waals surface area contributed by atoms with Gasteiger partial charge in [0.05, 0.1) is 11.8 Å². The monoisotopic (exact) mass is 488 g/mol. The Hall–Kier alpha value is -3.40. The first-order chi connectivity index (χ1) is 18.2. The number of rotatable bonds is 5. The highest BCUT2D eigenvalue weighted by molar-refractivity contribution is 5.98. The molecule has 2 aliphatic rings. The summed E-state index contributed by atoms with van der Waals surface area (Å²) in [6, 6.07) is 33.3. The van der Waals surface area contributed by atoms with Crippen LogP contribution in [0, 0.1) is 12.8 Å². The van der Waals surface area contributed by atoms with Crippen LogP contribution < -0.4 is 10.2 Å². The molecule has 0 aromatic heterocycles. The summed E-state index contributed by atoms with van der Waals surface area (Å²) in [6.45, 7) is 2.13. The first-order valence-corrected chi connectivity index (χ1v) is 13.7. The molecule has 0 amide bonds. The van der Waals surface area contributed by atoms with Gasteiger partial charge in [-0.1, -0.05) is 84.8 Å². The van der Waals surface area contributed by atoms with Gasteiger partial charge < -0.3 is 15.3 Å². The van der Waals surface area contributed by atoms with E-state index in [1.807, 2.05) is 0 Å². The molecular formula is C34H36N2O. The Bertz CT molecular complexity index is 1370. The second-order valence-electron chi connectivity index (χ2n) is 10.8. The van der Waals surface area contributed by atoms with E-state index in [4.69, 9.17) is 0 Å². The van der Waals surface area contributed by atoms with Gasteiger partial charge in [0.1, 0.15) is 0 Å². The molecule has 2 fully saturated rings. The fourth-order valence-electron chi connectivity index (χ4n) is 6.20. The largest absolute Gasteiger partial charge is 0.391 e. The van der Waals surface area contributed by atoms with Crippen molar-refractivity contribution in [1.82, 2.24) is 5.32 Å². The molecule has 4 atom stereocenters. The number of benzene rings is 4. The van der Waals surface area contributed by atoms with Gasteiger partial charge in [-0.3, -0.25) is 0 Å². The van der Waals surface area contributed by atoms with E-state index >= 15 is 0 Å². The number of aliphatic hydroxyl groups is 1. The molecule has 0 bridgehead atoms. The van der Waals surface area contributed by atoms with Gasteiger partial charge in [0.2, 0.25) is 0 Å². The number of hydrogen-bond acceptors (Lipinski definition) is 3. The van der Waals surface area contributed by atoms with E-state index in [2.05, 4.69) is 120 Å². The second-order valence-corrected chi connectivity index (χ2v) is 10.8. The maximum Gasteiger partial charge on any atom is 0.0696 e. The van der Waals surface area contributed by atoms with Crippen molar-refractivity contribution in [1.29, 1.82) is 0 Å². The standard InChI is InChI=1S/C34H36N2O/c1-24-12-20-29(21-13-24)36(32-10-4-7-26-6-2-3-9-31(26)32)30-22-15-25(16-23-30)14-18-28-19-17-27-8-5-11-33(37)34(27)35-28/h2-4,6-7,9-10,12-16,18,20-23,27-28,33-35,37H,5,8,11,17,19H2,1H3/b18-14+. The molecule has 4 aromatic carbocycles. The minimum atomic E-state index is -0.198. The van der Waals surface area contributed by atoms with Crippen molar-refractivity contribution < 1.29 is 5.11 Å². The molecule has 1 aliphatic heterocycles. The Balaban J connectivity index is 1.27. The van der Waals surface area contributed by atoms with E-state index in [0.717, 1.165) is 30.6 Å². The lowest BCUT2D eigenvalue weighted by molar-refractivity contribution is 0.0355. The van der Waals surface area contributed by atoms with Crippen LogP contribution in [0.4, 0.5) is 17.1 Å². The van der Waals surface area contributed by atoms with Crippen LogP contribution >= 0.6 is 0 Å². The normalized spacial score (nSPS) is 23.7. The number of anilines is 3. The summed E-state index contributed by atoms with van der Waals surface area (Å²) in [5.74, 6) is 0.634. The molecule has 1 heterocycles. The fourth-order valence-corrected chi connectivity index (χ4v) is 6.20. The van der Waals surface area contributed by atoms with Gasteiger partial charge in [0.15, 0.2) is 0 Å². The zero-order valence-electron chi connectivity index (χ0n) is 21.6. The van der Waals surface area contributed by atoms with Crippen LogP contribution in [0.1, 0.15) is 43.2 Å². The lowest BCUT2D eigenvalue weighted by atomic mass is 9.76. The van der Waals surface area contributed by atoms with Gasteiger partial charge in [-0.15, -0.1) is 0 Å². The topological polar surface area (TPSA) is 35.5 Å². The minimum Gasteiger partial charge on any atom is -0.391 e. The van der Waals surface area contributed by atoms with Gasteiger partial charge in [-0.05, 0) is 79.8 Å². The zero-order chi connectivity index (χ0) is 25.2. The SMILES string of the molecule is Cc1ccc(N(c2ccc(/C=C/C3CCC4CCCC(O)C4N3)cc2)c2cccc3ccccc23)cc1. The average molecular weight is 489 g/mol. The van der Waals surface area contributed by atoms with Crippen LogP contribution in [-0.4, -0.2) is 23.3 Å². The maximum atomic E-state index is 10.5. The van der Waals surface area contributed by atoms with E-state index in [9.17, 15) is 5.11 Å². The molecule has 4 unspecified atom stereocenters. The maximum absolute atomic E-state index is 10.5. The van der Waals surface area contributed by atoms with Gasteiger partial charge in [-0.2, -0.15) is 0 Å². The van der Waals surface area contributed by atoms with E-state index in [1.54, 1.807) is 0 Å². The van der Waals surface area contributed by atoms with Crippen molar-refractivity contribution in [3.63, 3.8) is 0 Å². The lowest BCUT2D eigenvalue weighted by Crippen LogP contribution is -2.54. The van der Waals surface area contributed by atoms with Gasteiger partial charge in [0, 0.05) is 28.8 Å². The van der Waals surface area contributed by atoms with Gasteiger partial charge >= 0.3 is 0 Å². The molecule has 1 saturated carbocycles. The molecule has 6 rings (SSSR count). The predicted octanol–water partition coefficient (Wildman–Crippen LogP) is 7.91. The molecule has 1 saturated heterocycles. The van der Waals surface area contributed by atoms with E-state index in [-0.39, 0.29) is 12.1 Å². The predicted molar refractivity (Wildman–Crippen MR) is 156 cm³/mol. The molecule has 37 heavy (non-hydrogen) atoms. The summed E-state index contributed by atoms with van der Waals surface area (Å²) >= 11 is 0. The van der Waals surface area contributed by atoms with E-state index in [0.29, 0.717) is 12.0 Å². The highest BCUT2D eigenvalue weighted by Crippen LogP contribution is 2.39. The number of piperidine rings is 1. The number of fused-ring (bicyclic) bond motifs is 2. The molecule has 0 radical (unpaired) electrons. The summed E-state index contributed by atoms with van der Waals surface area (Å²) in [7, 11) is 0. The highest BCUT2D eigenvalue weighted by atomic mass is 16.3. The van der Waals surface area contributed by atoms with Crippen molar-refractivity contribution >= 4 is 33.9 Å². The van der Waals surface area contributed by atoms with Crippen molar-refractivity contribution in [2.75, 3.05) is 4.90 Å². The quantitative estimate of drug-likeness (QED) is 0.300. The first-order valence-electron chi connectivity index (χ1n) is 13.7. The lowest BCUT2D eigenvalue weighted by Gasteiger charge is -2.42. The number of nitrogens with one attached hydrogen (secondary N) is 1. The third kappa shape index (κ3) is 5.07. The molecule has 0 spiro atoms. The third-order valence-corrected chi connectivity index (χ3v) is 8.22. The number of hydrogen-bond donors (Lipinski definition) is 2. The Morgan fingerprint density at radius 1 is 0.784 bits per heavy atom. The highest BCUT2D eigenvalue weighted by Gasteiger charge is 2.36. The fraction of sp³-hybridized carbons (Fsp3) is 0.294. The molecule has 1 aliphatic carbocycles. The average Bonchev–Trinajstić information content (AvgIpc) is 2.94. The number of aryl methyl sites for hydroxylation is 1. The molecule has 2 N–H and O–H groups in total. The van der Waals surface area contributed by atoms with E-state index in [1.165, 1.54) is 40.4 Å². The third-order valence-electron chi connectivity index (χ3n) is 8.22. The van der Waals surface area contributed by atoms with Crippen molar-refractivity contribution in [3.8, 4) is 0 Å². The molecule has 3 heteroatoms. The van der Waals surface area contributed by atoms with Crippen LogP contribution in [0.2, 0.25) is 0 Å². The first kappa shape index (κ1) is 24.0. The van der Waals surface area contributed by atoms with Crippen molar-refractivity contribution in [2.24, 2.45) is 5.92 Å². The Morgan fingerprint density at radius 2 is 1.51 bits per heavy atom. The number of nitrogens with zero attached hydrogens (tertiary/aromatic N) is 1. The van der Waals surface area contributed by atoms with Crippen LogP contribution in [0.3, 0.4) is 0 Å². The van der Waals surface area contributed by atoms with Crippen molar-refractivity contribution in [3.05, 3.63) is 108 Å². The van der Waals surface area contributed by atoms with E-state index < -0.39 is 0 Å². The Labute approximate surface area is 220 Å². The van der Waals surface area contributed by atoms with Crippen LogP contribution in [-0.2, 0) is 0 Å². The van der Waals surface area contributed by atoms with Gasteiger partial charge in [-0.25, -0.2) is 0 Å². The molecule has 188 valence electrons. The summed E-state index contributed by atoms with van der Waals surface area (Å²) in [5, 5.41) is 16.7. The smallest absolute Gasteiger partial charge is 0.0696 e. The number of aliphatic hydroxyl groups excluding tert-OH is 1. The summed E-state index contributed by atoms with van der Waals surface area (Å²) < 4.78 is 0.